The summed E-state index contributed by atoms with van der Waals surface area (Å²) in [5, 5.41) is 3.57. The Bertz CT molecular complexity index is 789. The van der Waals surface area contributed by atoms with Gasteiger partial charge in [-0.05, 0) is 45.1 Å². The molecule has 0 fully saturated rings. The number of nitrogens with one attached hydrogen (secondary N) is 1. The molecule has 5 nitrogen and oxygen atoms in total. The average molecular weight is 311 g/mol. The van der Waals surface area contributed by atoms with Crippen molar-refractivity contribution in [3.05, 3.63) is 36.0 Å². The van der Waals surface area contributed by atoms with Gasteiger partial charge in [0.2, 0.25) is 5.78 Å². The van der Waals surface area contributed by atoms with E-state index in [-0.39, 0.29) is 0 Å². The Morgan fingerprint density at radius 3 is 2.70 bits per heavy atom. The van der Waals surface area contributed by atoms with Gasteiger partial charge in [-0.1, -0.05) is 26.0 Å². The van der Waals surface area contributed by atoms with Crippen LogP contribution in [0, 0.1) is 6.92 Å². The highest BCUT2D eigenvalue weighted by molar-refractivity contribution is 5.81. The molecular weight excluding hydrogens is 286 g/mol. The van der Waals surface area contributed by atoms with Crippen molar-refractivity contribution in [3.8, 4) is 0 Å². The highest BCUT2D eigenvalue weighted by atomic mass is 15.2. The van der Waals surface area contributed by atoms with Gasteiger partial charge < -0.3 is 10.2 Å². The highest BCUT2D eigenvalue weighted by Crippen LogP contribution is 2.21. The Morgan fingerprint density at radius 1 is 1.13 bits per heavy atom. The summed E-state index contributed by atoms with van der Waals surface area (Å²) in [6, 6.07) is 10.3. The van der Waals surface area contributed by atoms with Crippen LogP contribution >= 0.6 is 0 Å². The predicted octanol–water partition coefficient (Wildman–Crippen LogP) is 3.33. The largest absolute Gasteiger partial charge is 0.371 e. The summed E-state index contributed by atoms with van der Waals surface area (Å²) in [4.78, 5) is 11.6. The number of imidazole rings is 1. The molecule has 0 aliphatic heterocycles. The molecule has 0 atom stereocenters. The minimum absolute atomic E-state index is 0.762. The number of fused-ring (bicyclic) bond motifs is 3. The lowest BCUT2D eigenvalue weighted by Gasteiger charge is -2.18. The minimum atomic E-state index is 0.762. The number of aryl methyl sites for hydroxylation is 1. The topological polar surface area (TPSA) is 45.5 Å². The molecule has 1 N–H and O–H groups in total. The summed E-state index contributed by atoms with van der Waals surface area (Å²) in [6.45, 7) is 10.7. The van der Waals surface area contributed by atoms with Crippen molar-refractivity contribution < 1.29 is 0 Å². The maximum Gasteiger partial charge on any atom is 0.236 e. The Morgan fingerprint density at radius 2 is 1.91 bits per heavy atom. The summed E-state index contributed by atoms with van der Waals surface area (Å²) in [5.74, 6) is 1.83. The number of nitrogens with zero attached hydrogens (tertiary/aromatic N) is 4. The van der Waals surface area contributed by atoms with Crippen LogP contribution in [0.5, 0.6) is 0 Å². The zero-order chi connectivity index (χ0) is 16.2. The molecule has 1 aromatic carbocycles. The number of rotatable bonds is 7. The van der Waals surface area contributed by atoms with Gasteiger partial charge in [-0.15, -0.1) is 0 Å². The zero-order valence-corrected chi connectivity index (χ0v) is 14.2. The number of hydrogen-bond acceptors (Lipinski definition) is 4. The van der Waals surface area contributed by atoms with Gasteiger partial charge in [0.25, 0.3) is 0 Å². The Hall–Kier alpha value is -2.14. The molecule has 3 aromatic rings. The number of para-hydroxylation sites is 2. The number of hydrogen-bond donors (Lipinski definition) is 1. The van der Waals surface area contributed by atoms with E-state index in [1.807, 2.05) is 25.1 Å². The fourth-order valence-corrected chi connectivity index (χ4v) is 2.97. The average Bonchev–Trinajstić information content (AvgIpc) is 2.92. The molecule has 5 heteroatoms. The number of aromatic nitrogens is 3. The third kappa shape index (κ3) is 3.29. The van der Waals surface area contributed by atoms with Crippen molar-refractivity contribution >= 4 is 22.6 Å². The maximum absolute atomic E-state index is 4.62. The number of benzene rings is 1. The van der Waals surface area contributed by atoms with Crippen LogP contribution in [-0.4, -0.2) is 45.4 Å². The van der Waals surface area contributed by atoms with Crippen LogP contribution in [0.25, 0.3) is 16.8 Å². The molecule has 0 aliphatic carbocycles. The molecule has 2 heterocycles. The van der Waals surface area contributed by atoms with E-state index in [4.69, 9.17) is 0 Å². The lowest BCUT2D eigenvalue weighted by molar-refractivity contribution is 0.303. The molecule has 0 saturated carbocycles. The van der Waals surface area contributed by atoms with E-state index < -0.39 is 0 Å². The first kappa shape index (κ1) is 15.7. The van der Waals surface area contributed by atoms with Gasteiger partial charge in [0.1, 0.15) is 5.82 Å². The van der Waals surface area contributed by atoms with Crippen molar-refractivity contribution in [2.45, 2.75) is 27.2 Å². The molecule has 0 radical (unpaired) electrons. The van der Waals surface area contributed by atoms with Crippen LogP contribution in [-0.2, 0) is 0 Å². The van der Waals surface area contributed by atoms with Crippen LogP contribution in [0.1, 0.15) is 26.0 Å². The van der Waals surface area contributed by atoms with E-state index in [0.29, 0.717) is 0 Å². The molecular formula is C18H25N5. The first-order valence-corrected chi connectivity index (χ1v) is 8.44. The zero-order valence-electron chi connectivity index (χ0n) is 14.2. The smallest absolute Gasteiger partial charge is 0.236 e. The Balaban J connectivity index is 1.82. The minimum Gasteiger partial charge on any atom is -0.371 e. The van der Waals surface area contributed by atoms with Crippen LogP contribution in [0.2, 0.25) is 0 Å². The summed E-state index contributed by atoms with van der Waals surface area (Å²) in [5.41, 5.74) is 3.07. The summed E-state index contributed by atoms with van der Waals surface area (Å²) >= 11 is 0. The van der Waals surface area contributed by atoms with Gasteiger partial charge in [0, 0.05) is 18.3 Å². The molecule has 2 aromatic heterocycles. The molecule has 3 rings (SSSR count). The number of anilines is 1. The summed E-state index contributed by atoms with van der Waals surface area (Å²) < 4.78 is 2.11. The van der Waals surface area contributed by atoms with Crippen LogP contribution in [0.4, 0.5) is 5.82 Å². The first-order chi connectivity index (χ1) is 11.2. The molecule has 23 heavy (non-hydrogen) atoms. The van der Waals surface area contributed by atoms with E-state index >= 15 is 0 Å². The fourth-order valence-electron chi connectivity index (χ4n) is 2.97. The van der Waals surface area contributed by atoms with Crippen molar-refractivity contribution in [3.63, 3.8) is 0 Å². The van der Waals surface area contributed by atoms with Crippen LogP contribution in [0.15, 0.2) is 30.3 Å². The standard InChI is InChI=1S/C18H25N5/c1-4-22(5-2)12-8-11-19-17-13-14(3)20-18-21-15-9-6-7-10-16(15)23(17)18/h6-7,9-10,13,19H,4-5,8,11-12H2,1-3H3. The van der Waals surface area contributed by atoms with Gasteiger partial charge in [0.05, 0.1) is 11.0 Å². The van der Waals surface area contributed by atoms with Gasteiger partial charge >= 0.3 is 0 Å². The molecule has 0 amide bonds. The molecule has 0 unspecified atom stereocenters. The van der Waals surface area contributed by atoms with E-state index in [0.717, 1.165) is 60.9 Å². The Kier molecular flexibility index (Phi) is 4.76. The van der Waals surface area contributed by atoms with Crippen molar-refractivity contribution in [1.82, 2.24) is 19.3 Å². The second-order valence-electron chi connectivity index (χ2n) is 5.83. The molecule has 0 bridgehead atoms. The van der Waals surface area contributed by atoms with Gasteiger partial charge in [-0.25, -0.2) is 9.97 Å². The second-order valence-corrected chi connectivity index (χ2v) is 5.83. The van der Waals surface area contributed by atoms with E-state index in [1.54, 1.807) is 0 Å². The fraction of sp³-hybridized carbons (Fsp3) is 0.444. The van der Waals surface area contributed by atoms with Crippen LogP contribution in [0.3, 0.4) is 0 Å². The van der Waals surface area contributed by atoms with Gasteiger partial charge in [-0.3, -0.25) is 4.40 Å². The highest BCUT2D eigenvalue weighted by Gasteiger charge is 2.10. The molecule has 0 spiro atoms. The quantitative estimate of drug-likeness (QED) is 0.680. The first-order valence-electron chi connectivity index (χ1n) is 8.44. The third-order valence-electron chi connectivity index (χ3n) is 4.26. The lowest BCUT2D eigenvalue weighted by Crippen LogP contribution is -2.25. The molecule has 0 aliphatic rings. The third-order valence-corrected chi connectivity index (χ3v) is 4.26. The van der Waals surface area contributed by atoms with Gasteiger partial charge in [-0.2, -0.15) is 0 Å². The van der Waals surface area contributed by atoms with Gasteiger partial charge in [0.15, 0.2) is 0 Å². The normalized spacial score (nSPS) is 11.7. The monoisotopic (exact) mass is 311 g/mol. The van der Waals surface area contributed by atoms with Crippen molar-refractivity contribution in [2.75, 3.05) is 31.5 Å². The maximum atomic E-state index is 4.62. The van der Waals surface area contributed by atoms with E-state index in [9.17, 15) is 0 Å². The van der Waals surface area contributed by atoms with Crippen molar-refractivity contribution in [2.24, 2.45) is 0 Å². The van der Waals surface area contributed by atoms with Crippen molar-refractivity contribution in [1.29, 1.82) is 0 Å². The molecule has 0 saturated heterocycles. The Labute approximate surface area is 137 Å². The van der Waals surface area contributed by atoms with Crippen LogP contribution < -0.4 is 5.32 Å². The predicted molar refractivity (Wildman–Crippen MR) is 96.1 cm³/mol. The lowest BCUT2D eigenvalue weighted by atomic mass is 10.3. The molecule has 122 valence electrons. The summed E-state index contributed by atoms with van der Waals surface area (Å²) in [6.07, 6.45) is 1.12. The summed E-state index contributed by atoms with van der Waals surface area (Å²) in [7, 11) is 0. The van der Waals surface area contributed by atoms with E-state index in [2.05, 4.69) is 50.6 Å². The SMILES string of the molecule is CCN(CC)CCCNc1cc(C)nc2nc3ccccc3n12. The van der Waals surface area contributed by atoms with E-state index in [1.165, 1.54) is 0 Å². The second kappa shape index (κ2) is 6.96.